The van der Waals surface area contributed by atoms with Gasteiger partial charge >= 0.3 is 0 Å². The summed E-state index contributed by atoms with van der Waals surface area (Å²) < 4.78 is 5.32. The zero-order valence-electron chi connectivity index (χ0n) is 13.3. The second-order valence-electron chi connectivity index (χ2n) is 4.84. The van der Waals surface area contributed by atoms with Crippen LogP contribution in [0.1, 0.15) is 29.5 Å². The van der Waals surface area contributed by atoms with Gasteiger partial charge in [-0.1, -0.05) is 6.92 Å². The molecule has 0 atom stereocenters. The van der Waals surface area contributed by atoms with Crippen LogP contribution >= 0.6 is 11.3 Å². The second kappa shape index (κ2) is 9.25. The van der Waals surface area contributed by atoms with E-state index in [0.29, 0.717) is 0 Å². The van der Waals surface area contributed by atoms with E-state index in [9.17, 15) is 0 Å². The predicted molar refractivity (Wildman–Crippen MR) is 91.6 cm³/mol. The average Bonchev–Trinajstić information content (AvgIpc) is 3.18. The van der Waals surface area contributed by atoms with Gasteiger partial charge in [-0.2, -0.15) is 0 Å². The van der Waals surface area contributed by atoms with Crippen molar-refractivity contribution in [2.24, 2.45) is 4.99 Å². The van der Waals surface area contributed by atoms with Gasteiger partial charge < -0.3 is 15.1 Å². The fourth-order valence-corrected chi connectivity index (χ4v) is 2.84. The first-order valence-electron chi connectivity index (χ1n) is 7.80. The first-order valence-corrected chi connectivity index (χ1v) is 8.61. The lowest BCUT2D eigenvalue weighted by Crippen LogP contribution is -2.38. The number of aryl methyl sites for hydroxylation is 1. The minimum atomic E-state index is 0.743. The molecule has 2 rings (SSSR count). The van der Waals surface area contributed by atoms with Gasteiger partial charge in [-0.15, -0.1) is 11.3 Å². The third kappa shape index (κ3) is 5.52. The zero-order valence-corrected chi connectivity index (χ0v) is 14.1. The van der Waals surface area contributed by atoms with Crippen LogP contribution in [-0.4, -0.2) is 30.6 Å². The SMILES string of the molecule is CCNC(=NCCc1ncc(CC)s1)NCCc1ccco1. The van der Waals surface area contributed by atoms with Crippen molar-refractivity contribution in [1.29, 1.82) is 0 Å². The van der Waals surface area contributed by atoms with Crippen molar-refractivity contribution in [3.8, 4) is 0 Å². The van der Waals surface area contributed by atoms with E-state index in [1.807, 2.05) is 18.3 Å². The molecule has 5 nitrogen and oxygen atoms in total. The predicted octanol–water partition coefficient (Wildman–Crippen LogP) is 2.64. The summed E-state index contributed by atoms with van der Waals surface area (Å²) >= 11 is 1.78. The molecule has 120 valence electrons. The van der Waals surface area contributed by atoms with Crippen LogP contribution in [0.5, 0.6) is 0 Å². The van der Waals surface area contributed by atoms with Crippen molar-refractivity contribution in [3.63, 3.8) is 0 Å². The molecule has 0 radical (unpaired) electrons. The molecule has 0 aliphatic rings. The molecule has 0 bridgehead atoms. The van der Waals surface area contributed by atoms with Crippen LogP contribution < -0.4 is 10.6 Å². The van der Waals surface area contributed by atoms with Crippen molar-refractivity contribution >= 4 is 17.3 Å². The van der Waals surface area contributed by atoms with Crippen LogP contribution in [-0.2, 0) is 19.3 Å². The molecule has 22 heavy (non-hydrogen) atoms. The van der Waals surface area contributed by atoms with E-state index in [1.165, 1.54) is 4.88 Å². The van der Waals surface area contributed by atoms with Gasteiger partial charge in [0, 0.05) is 43.5 Å². The van der Waals surface area contributed by atoms with Gasteiger partial charge in [-0.25, -0.2) is 4.98 Å². The van der Waals surface area contributed by atoms with Gasteiger partial charge in [0.25, 0.3) is 0 Å². The highest BCUT2D eigenvalue weighted by atomic mass is 32.1. The number of nitrogens with one attached hydrogen (secondary N) is 2. The van der Waals surface area contributed by atoms with E-state index in [4.69, 9.17) is 4.42 Å². The van der Waals surface area contributed by atoms with Crippen molar-refractivity contribution in [2.45, 2.75) is 33.1 Å². The van der Waals surface area contributed by atoms with Crippen molar-refractivity contribution < 1.29 is 4.42 Å². The highest BCUT2D eigenvalue weighted by Gasteiger charge is 2.02. The number of hydrogen-bond donors (Lipinski definition) is 2. The number of aliphatic imine (C=N–C) groups is 1. The number of hydrogen-bond acceptors (Lipinski definition) is 4. The number of furan rings is 1. The van der Waals surface area contributed by atoms with Gasteiger partial charge in [0.1, 0.15) is 5.76 Å². The molecule has 0 saturated heterocycles. The molecular weight excluding hydrogens is 296 g/mol. The maximum absolute atomic E-state index is 5.32. The number of nitrogens with zero attached hydrogens (tertiary/aromatic N) is 2. The van der Waals surface area contributed by atoms with Gasteiger partial charge in [0.15, 0.2) is 5.96 Å². The smallest absolute Gasteiger partial charge is 0.191 e. The lowest BCUT2D eigenvalue weighted by molar-refractivity contribution is 0.507. The van der Waals surface area contributed by atoms with Crippen molar-refractivity contribution in [1.82, 2.24) is 15.6 Å². The summed E-state index contributed by atoms with van der Waals surface area (Å²) in [7, 11) is 0. The molecule has 6 heteroatoms. The molecule has 0 aliphatic heterocycles. The molecular formula is C16H24N4OS. The Morgan fingerprint density at radius 1 is 1.32 bits per heavy atom. The lowest BCUT2D eigenvalue weighted by atomic mass is 10.3. The minimum Gasteiger partial charge on any atom is -0.469 e. The Bertz CT molecular complexity index is 562. The Labute approximate surface area is 135 Å². The molecule has 0 spiro atoms. The van der Waals surface area contributed by atoms with Crippen LogP contribution in [0.4, 0.5) is 0 Å². The van der Waals surface area contributed by atoms with Crippen molar-refractivity contribution in [3.05, 3.63) is 40.2 Å². The normalized spacial score (nSPS) is 11.6. The third-order valence-corrected chi connectivity index (χ3v) is 4.34. The molecule has 2 aromatic heterocycles. The molecule has 2 N–H and O–H groups in total. The van der Waals surface area contributed by atoms with E-state index < -0.39 is 0 Å². The third-order valence-electron chi connectivity index (χ3n) is 3.13. The first-order chi connectivity index (χ1) is 10.8. The van der Waals surface area contributed by atoms with Gasteiger partial charge in [-0.3, -0.25) is 4.99 Å². The average molecular weight is 320 g/mol. The minimum absolute atomic E-state index is 0.743. The van der Waals surface area contributed by atoms with E-state index in [1.54, 1.807) is 17.6 Å². The molecule has 0 unspecified atom stereocenters. The maximum atomic E-state index is 5.32. The Morgan fingerprint density at radius 2 is 2.23 bits per heavy atom. The van der Waals surface area contributed by atoms with Gasteiger partial charge in [0.05, 0.1) is 11.3 Å². The maximum Gasteiger partial charge on any atom is 0.191 e. The summed E-state index contributed by atoms with van der Waals surface area (Å²) in [5, 5.41) is 7.74. The topological polar surface area (TPSA) is 62.5 Å². The monoisotopic (exact) mass is 320 g/mol. The van der Waals surface area contributed by atoms with Crippen LogP contribution in [0.25, 0.3) is 0 Å². The van der Waals surface area contributed by atoms with E-state index in [2.05, 4.69) is 34.5 Å². The number of aromatic nitrogens is 1. The molecule has 0 saturated carbocycles. The number of thiazole rings is 1. The van der Waals surface area contributed by atoms with E-state index >= 15 is 0 Å². The second-order valence-corrected chi connectivity index (χ2v) is 6.04. The standard InChI is InChI=1S/C16H24N4OS/c1-3-14-12-20-15(22-14)8-10-19-16(17-4-2)18-9-7-13-6-5-11-21-13/h5-6,11-12H,3-4,7-10H2,1-2H3,(H2,17,18,19). The van der Waals surface area contributed by atoms with Crippen LogP contribution in [0, 0.1) is 0 Å². The Balaban J connectivity index is 1.76. The summed E-state index contributed by atoms with van der Waals surface area (Å²) in [6.45, 7) is 6.62. The molecule has 2 heterocycles. The van der Waals surface area contributed by atoms with Crippen molar-refractivity contribution in [2.75, 3.05) is 19.6 Å². The van der Waals surface area contributed by atoms with Gasteiger partial charge in [0.2, 0.25) is 0 Å². The largest absolute Gasteiger partial charge is 0.469 e. The molecule has 0 amide bonds. The van der Waals surface area contributed by atoms with Gasteiger partial charge in [-0.05, 0) is 25.5 Å². The number of guanidine groups is 1. The highest BCUT2D eigenvalue weighted by molar-refractivity contribution is 7.11. The van der Waals surface area contributed by atoms with E-state index in [-0.39, 0.29) is 0 Å². The fourth-order valence-electron chi connectivity index (χ4n) is 1.99. The summed E-state index contributed by atoms with van der Waals surface area (Å²) in [6.07, 6.45) is 6.46. The summed E-state index contributed by atoms with van der Waals surface area (Å²) in [6, 6.07) is 3.90. The highest BCUT2D eigenvalue weighted by Crippen LogP contribution is 2.13. The molecule has 0 fully saturated rings. The molecule has 0 aromatic carbocycles. The Kier molecular flexibility index (Phi) is 6.96. The summed E-state index contributed by atoms with van der Waals surface area (Å²) in [4.78, 5) is 10.4. The van der Waals surface area contributed by atoms with Crippen LogP contribution in [0.15, 0.2) is 34.0 Å². The lowest BCUT2D eigenvalue weighted by Gasteiger charge is -2.10. The first kappa shape index (κ1) is 16.5. The fraction of sp³-hybridized carbons (Fsp3) is 0.500. The number of rotatable bonds is 8. The quantitative estimate of drug-likeness (QED) is 0.580. The zero-order chi connectivity index (χ0) is 15.6. The van der Waals surface area contributed by atoms with Crippen LogP contribution in [0.3, 0.4) is 0 Å². The molecule has 2 aromatic rings. The Morgan fingerprint density at radius 3 is 2.91 bits per heavy atom. The summed E-state index contributed by atoms with van der Waals surface area (Å²) in [5.41, 5.74) is 0. The summed E-state index contributed by atoms with van der Waals surface area (Å²) in [5.74, 6) is 1.83. The van der Waals surface area contributed by atoms with Crippen LogP contribution in [0.2, 0.25) is 0 Å². The molecule has 0 aliphatic carbocycles. The Hall–Kier alpha value is -1.82. The van der Waals surface area contributed by atoms with E-state index in [0.717, 1.165) is 55.6 Å².